The molecule has 0 aromatic heterocycles. The van der Waals surface area contributed by atoms with Gasteiger partial charge in [-0.2, -0.15) is 0 Å². The molecule has 1 atom stereocenters. The Kier molecular flexibility index (Phi) is 2.73. The lowest BCUT2D eigenvalue weighted by molar-refractivity contribution is 0.587. The summed E-state index contributed by atoms with van der Waals surface area (Å²) in [7, 11) is -1.91. The Labute approximate surface area is 32.5 Å². The van der Waals surface area contributed by atoms with Crippen LogP contribution >= 0.6 is 15.6 Å². The lowest BCUT2D eigenvalue weighted by Crippen LogP contribution is -1.21. The molecule has 0 saturated carbocycles. The maximum Gasteiger partial charge on any atom is 0.218 e. The molecular weight excluding hydrogens is 106 g/mol. The van der Waals surface area contributed by atoms with E-state index in [4.69, 9.17) is 0 Å². The van der Waals surface area contributed by atoms with Crippen LogP contribution in [0.2, 0.25) is 0 Å². The molecule has 0 saturated heterocycles. The quantitative estimate of drug-likeness (QED) is 0.478. The molecule has 0 N–H and O–H groups in total. The normalized spacial score (nSPS) is 15.4. The summed E-state index contributed by atoms with van der Waals surface area (Å²) in [6.45, 7) is 1.44. The average Bonchev–Trinajstić information content (AvgIpc) is 1.38. The molecule has 0 aliphatic rings. The van der Waals surface area contributed by atoms with Crippen LogP contribution in [0.5, 0.6) is 0 Å². The Bertz CT molecular complexity index is 58.7. The smallest absolute Gasteiger partial charge is 0.218 e. The van der Waals surface area contributed by atoms with Crippen LogP contribution in [0, 0.1) is 0 Å². The van der Waals surface area contributed by atoms with Gasteiger partial charge in [0.25, 0.3) is 0 Å². The largest absolute Gasteiger partial charge is 0.314 e. The number of hydrogen-bond donors (Lipinski definition) is 0. The van der Waals surface area contributed by atoms with Crippen molar-refractivity contribution in [2.45, 2.75) is 0 Å². The molecule has 30 valence electrons. The minimum Gasteiger partial charge on any atom is -0.314 e. The molecule has 0 spiro atoms. The minimum atomic E-state index is -1.71. The van der Waals surface area contributed by atoms with Crippen molar-refractivity contribution in [2.75, 3.05) is 6.66 Å². The van der Waals surface area contributed by atoms with Gasteiger partial charge in [-0.1, -0.05) is 0 Å². The van der Waals surface area contributed by atoms with Gasteiger partial charge in [0, 0.05) is 0 Å². The maximum atomic E-state index is 9.67. The SMILES string of the molecule is C[PH](=O)P=O. The number of rotatable bonds is 1. The summed E-state index contributed by atoms with van der Waals surface area (Å²) >= 11 is 0. The Hall–Kier alpha value is 0.330. The van der Waals surface area contributed by atoms with E-state index in [9.17, 15) is 9.13 Å². The minimum absolute atomic E-state index is 0.207. The standard InChI is InChI=1S/CH4O2P2/c1-5(3)4-2/h5H,1H3. The van der Waals surface area contributed by atoms with E-state index < -0.39 is 7.49 Å². The van der Waals surface area contributed by atoms with Crippen LogP contribution in [-0.2, 0) is 9.13 Å². The van der Waals surface area contributed by atoms with Crippen molar-refractivity contribution in [3.8, 4) is 0 Å². The van der Waals surface area contributed by atoms with Gasteiger partial charge >= 0.3 is 0 Å². The third-order valence-electron chi connectivity index (χ3n) is 0.129. The van der Waals surface area contributed by atoms with Gasteiger partial charge in [-0.05, 0) is 6.66 Å². The third kappa shape index (κ3) is 4.33. The van der Waals surface area contributed by atoms with Crippen LogP contribution in [0.15, 0.2) is 0 Å². The highest BCUT2D eigenvalue weighted by atomic mass is 32.0. The first kappa shape index (κ1) is 5.33. The summed E-state index contributed by atoms with van der Waals surface area (Å²) in [4.78, 5) is 0. The van der Waals surface area contributed by atoms with E-state index in [1.54, 1.807) is 0 Å². The maximum absolute atomic E-state index is 9.67. The second-order valence-electron chi connectivity index (χ2n) is 0.610. The van der Waals surface area contributed by atoms with Crippen molar-refractivity contribution in [1.82, 2.24) is 0 Å². The molecule has 0 aromatic carbocycles. The second kappa shape index (κ2) is 2.56. The van der Waals surface area contributed by atoms with Crippen LogP contribution < -0.4 is 0 Å². The fourth-order valence-corrected chi connectivity index (χ4v) is 0. The summed E-state index contributed by atoms with van der Waals surface area (Å²) in [5.74, 6) is 0. The molecule has 5 heavy (non-hydrogen) atoms. The van der Waals surface area contributed by atoms with E-state index >= 15 is 0 Å². The molecule has 0 rings (SSSR count). The van der Waals surface area contributed by atoms with Crippen molar-refractivity contribution >= 4 is 15.6 Å². The molecule has 0 aliphatic carbocycles. The topological polar surface area (TPSA) is 34.1 Å². The predicted molar refractivity (Wildman–Crippen MR) is 22.5 cm³/mol. The first-order valence-electron chi connectivity index (χ1n) is 1.11. The van der Waals surface area contributed by atoms with Crippen LogP contribution in [0.25, 0.3) is 0 Å². The van der Waals surface area contributed by atoms with Crippen LogP contribution in [0.4, 0.5) is 0 Å². The first-order chi connectivity index (χ1) is 2.27. The molecule has 2 nitrogen and oxygen atoms in total. The Balaban J connectivity index is 3.20. The summed E-state index contributed by atoms with van der Waals surface area (Å²) < 4.78 is 19.0. The molecule has 0 bridgehead atoms. The molecule has 0 radical (unpaired) electrons. The summed E-state index contributed by atoms with van der Waals surface area (Å²) in [6, 6.07) is 0. The van der Waals surface area contributed by atoms with Crippen LogP contribution in [0.3, 0.4) is 0 Å². The summed E-state index contributed by atoms with van der Waals surface area (Å²) in [5.41, 5.74) is 0. The first-order valence-corrected chi connectivity index (χ1v) is 4.67. The Morgan fingerprint density at radius 1 is 1.80 bits per heavy atom. The van der Waals surface area contributed by atoms with Crippen LogP contribution in [-0.4, -0.2) is 6.66 Å². The van der Waals surface area contributed by atoms with E-state index in [0.717, 1.165) is 0 Å². The molecule has 0 aromatic rings. The zero-order valence-electron chi connectivity index (χ0n) is 2.76. The van der Waals surface area contributed by atoms with Crippen LogP contribution in [0.1, 0.15) is 0 Å². The monoisotopic (exact) mass is 110 g/mol. The molecule has 1 unspecified atom stereocenters. The molecule has 0 heterocycles. The third-order valence-corrected chi connectivity index (χ3v) is 1.16. The summed E-state index contributed by atoms with van der Waals surface area (Å²) in [6.07, 6.45) is 0. The number of hydrogen-bond acceptors (Lipinski definition) is 2. The van der Waals surface area contributed by atoms with Crippen molar-refractivity contribution in [3.63, 3.8) is 0 Å². The highest BCUT2D eigenvalue weighted by Gasteiger charge is 1.75. The van der Waals surface area contributed by atoms with E-state index in [0.29, 0.717) is 0 Å². The van der Waals surface area contributed by atoms with Gasteiger partial charge in [0.15, 0.2) is 7.49 Å². The van der Waals surface area contributed by atoms with E-state index in [-0.39, 0.29) is 8.15 Å². The van der Waals surface area contributed by atoms with Crippen molar-refractivity contribution < 1.29 is 9.13 Å². The van der Waals surface area contributed by atoms with Crippen molar-refractivity contribution in [2.24, 2.45) is 0 Å². The van der Waals surface area contributed by atoms with Gasteiger partial charge in [-0.3, -0.25) is 4.57 Å². The van der Waals surface area contributed by atoms with Crippen molar-refractivity contribution in [3.05, 3.63) is 0 Å². The van der Waals surface area contributed by atoms with Gasteiger partial charge in [-0.15, -0.1) is 0 Å². The molecule has 0 fully saturated rings. The fourth-order valence-electron chi connectivity index (χ4n) is 0. The molecule has 0 amide bonds. The van der Waals surface area contributed by atoms with Gasteiger partial charge in [-0.25, -0.2) is 0 Å². The van der Waals surface area contributed by atoms with E-state index in [1.807, 2.05) is 0 Å². The Morgan fingerprint density at radius 3 is 2.00 bits per heavy atom. The zero-order chi connectivity index (χ0) is 4.28. The summed E-state index contributed by atoms with van der Waals surface area (Å²) in [5, 5.41) is 0. The van der Waals surface area contributed by atoms with Gasteiger partial charge < -0.3 is 4.57 Å². The van der Waals surface area contributed by atoms with Crippen molar-refractivity contribution in [1.29, 1.82) is 0 Å². The van der Waals surface area contributed by atoms with E-state index in [2.05, 4.69) is 0 Å². The van der Waals surface area contributed by atoms with E-state index in [1.165, 1.54) is 6.66 Å². The van der Waals surface area contributed by atoms with Gasteiger partial charge in [0.2, 0.25) is 8.15 Å². The second-order valence-corrected chi connectivity index (χ2v) is 4.27. The predicted octanol–water partition coefficient (Wildman–Crippen LogP) is 1.38. The Morgan fingerprint density at radius 2 is 2.00 bits per heavy atom. The fraction of sp³-hybridized carbons (Fsp3) is 1.00. The zero-order valence-corrected chi connectivity index (χ0v) is 4.66. The lowest BCUT2D eigenvalue weighted by atomic mass is 12.0. The van der Waals surface area contributed by atoms with Gasteiger partial charge in [0.05, 0.1) is 0 Å². The average molecular weight is 110 g/mol. The highest BCUT2D eigenvalue weighted by Crippen LogP contribution is 2.29. The molecule has 0 aliphatic heterocycles. The lowest BCUT2D eigenvalue weighted by Gasteiger charge is -1.58. The molecule has 4 heteroatoms. The van der Waals surface area contributed by atoms with Gasteiger partial charge in [0.1, 0.15) is 0 Å². The molecular formula is CH4O2P2. The highest BCUT2D eigenvalue weighted by molar-refractivity contribution is 8.09.